The minimum absolute atomic E-state index is 0. The first-order chi connectivity index (χ1) is 11.0. The number of carbonyl (C=O) groups excluding carboxylic acids is 2. The molecule has 1 heterocycles. The molecular weight excluding hydrogens is 419 g/mol. The molecule has 0 aromatic heterocycles. The predicted molar refractivity (Wildman–Crippen MR) is 104 cm³/mol. The van der Waals surface area contributed by atoms with E-state index in [1.165, 1.54) is 4.90 Å². The molecule has 1 saturated carbocycles. The molecule has 0 radical (unpaired) electrons. The van der Waals surface area contributed by atoms with Gasteiger partial charge in [-0.2, -0.15) is 0 Å². The van der Waals surface area contributed by atoms with Gasteiger partial charge in [-0.1, -0.05) is 12.2 Å². The largest absolute Gasteiger partial charge is 0.357 e. The van der Waals surface area contributed by atoms with Crippen molar-refractivity contribution in [3.05, 3.63) is 12.2 Å². The van der Waals surface area contributed by atoms with Crippen LogP contribution in [0.4, 0.5) is 0 Å². The highest BCUT2D eigenvalue weighted by Gasteiger charge is 2.58. The van der Waals surface area contributed by atoms with Crippen LogP contribution < -0.4 is 5.32 Å². The normalized spacial score (nSPS) is 30.6. The van der Waals surface area contributed by atoms with E-state index in [0.29, 0.717) is 31.3 Å². The van der Waals surface area contributed by atoms with Crippen molar-refractivity contribution >= 4 is 41.8 Å². The molecule has 3 rings (SSSR count). The van der Waals surface area contributed by atoms with Crippen LogP contribution in [0.25, 0.3) is 0 Å². The van der Waals surface area contributed by atoms with Crippen molar-refractivity contribution in [3.8, 4) is 0 Å². The second-order valence-corrected chi connectivity index (χ2v) is 6.81. The van der Waals surface area contributed by atoms with E-state index in [0.717, 1.165) is 18.9 Å². The molecule has 1 aliphatic heterocycles. The van der Waals surface area contributed by atoms with E-state index in [4.69, 9.17) is 0 Å². The van der Waals surface area contributed by atoms with E-state index in [9.17, 15) is 9.59 Å². The van der Waals surface area contributed by atoms with Gasteiger partial charge in [0, 0.05) is 33.7 Å². The Labute approximate surface area is 160 Å². The molecule has 134 valence electrons. The number of aliphatic imine (C=N–C) groups is 1. The summed E-state index contributed by atoms with van der Waals surface area (Å²) in [7, 11) is 3.89. The number of carbonyl (C=O) groups is 2. The molecule has 7 heteroatoms. The lowest BCUT2D eigenvalue weighted by Crippen LogP contribution is -2.37. The molecule has 2 aliphatic carbocycles. The van der Waals surface area contributed by atoms with Crippen molar-refractivity contribution in [2.45, 2.75) is 19.8 Å². The van der Waals surface area contributed by atoms with Gasteiger partial charge in [-0.3, -0.25) is 19.5 Å². The minimum atomic E-state index is -0.0832. The van der Waals surface area contributed by atoms with Crippen LogP contribution in [0.5, 0.6) is 0 Å². The Balaban J connectivity index is 0.00000208. The number of guanidine groups is 1. The summed E-state index contributed by atoms with van der Waals surface area (Å²) in [5.41, 5.74) is 0. The van der Waals surface area contributed by atoms with Gasteiger partial charge >= 0.3 is 0 Å². The third kappa shape index (κ3) is 3.32. The molecule has 1 saturated heterocycles. The Morgan fingerprint density at radius 1 is 1.25 bits per heavy atom. The van der Waals surface area contributed by atoms with Crippen LogP contribution in [0.1, 0.15) is 19.8 Å². The highest BCUT2D eigenvalue weighted by molar-refractivity contribution is 14.0. The second kappa shape index (κ2) is 7.84. The molecule has 24 heavy (non-hydrogen) atoms. The van der Waals surface area contributed by atoms with E-state index < -0.39 is 0 Å². The zero-order chi connectivity index (χ0) is 16.6. The molecule has 6 nitrogen and oxygen atoms in total. The number of rotatable bonds is 5. The Hall–Kier alpha value is -1.12. The Morgan fingerprint density at radius 3 is 2.33 bits per heavy atom. The lowest BCUT2D eigenvalue weighted by molar-refractivity contribution is -0.140. The van der Waals surface area contributed by atoms with E-state index in [-0.39, 0.29) is 47.6 Å². The van der Waals surface area contributed by atoms with Crippen molar-refractivity contribution in [1.29, 1.82) is 0 Å². The number of hydrogen-bond acceptors (Lipinski definition) is 3. The van der Waals surface area contributed by atoms with Crippen LogP contribution in [0, 0.1) is 23.7 Å². The fraction of sp³-hybridized carbons (Fsp3) is 0.706. The first-order valence-electron chi connectivity index (χ1n) is 8.53. The Bertz CT molecular complexity index is 531. The zero-order valence-corrected chi connectivity index (χ0v) is 16.9. The number of allylic oxidation sites excluding steroid dienone is 2. The second-order valence-electron chi connectivity index (χ2n) is 6.81. The van der Waals surface area contributed by atoms with Gasteiger partial charge in [0.2, 0.25) is 11.8 Å². The quantitative estimate of drug-likeness (QED) is 0.173. The molecule has 3 aliphatic rings. The summed E-state index contributed by atoms with van der Waals surface area (Å²) >= 11 is 0. The predicted octanol–water partition coefficient (Wildman–Crippen LogP) is 1.33. The van der Waals surface area contributed by atoms with Gasteiger partial charge in [0.25, 0.3) is 0 Å². The molecular formula is C17H27IN4O2. The third-order valence-corrected chi connectivity index (χ3v) is 5.12. The number of amides is 2. The maximum Gasteiger partial charge on any atom is 0.233 e. The summed E-state index contributed by atoms with van der Waals surface area (Å²) < 4.78 is 0. The summed E-state index contributed by atoms with van der Waals surface area (Å²) in [6, 6.07) is 0. The van der Waals surface area contributed by atoms with Crippen LogP contribution in [-0.2, 0) is 9.59 Å². The number of fused-ring (bicyclic) bond motifs is 5. The van der Waals surface area contributed by atoms with Crippen LogP contribution >= 0.6 is 24.0 Å². The van der Waals surface area contributed by atoms with Gasteiger partial charge in [-0.05, 0) is 31.6 Å². The molecule has 0 aromatic carbocycles. The first kappa shape index (κ1) is 19.2. The van der Waals surface area contributed by atoms with Crippen molar-refractivity contribution < 1.29 is 9.59 Å². The summed E-state index contributed by atoms with van der Waals surface area (Å²) in [5.74, 6) is 1.34. The van der Waals surface area contributed by atoms with E-state index >= 15 is 0 Å². The fourth-order valence-corrected chi connectivity index (χ4v) is 4.11. The van der Waals surface area contributed by atoms with Crippen molar-refractivity contribution in [1.82, 2.24) is 15.1 Å². The van der Waals surface area contributed by atoms with E-state index in [1.807, 2.05) is 25.9 Å². The van der Waals surface area contributed by atoms with E-state index in [1.54, 1.807) is 0 Å². The Morgan fingerprint density at radius 2 is 1.83 bits per heavy atom. The van der Waals surface area contributed by atoms with Crippen LogP contribution in [0.15, 0.2) is 17.1 Å². The van der Waals surface area contributed by atoms with Gasteiger partial charge in [0.15, 0.2) is 5.96 Å². The molecule has 2 bridgehead atoms. The summed E-state index contributed by atoms with van der Waals surface area (Å²) in [6.45, 7) is 3.94. The number of likely N-dealkylation sites (tertiary alicyclic amines) is 1. The lowest BCUT2D eigenvalue weighted by atomic mass is 9.85. The average Bonchev–Trinajstić information content (AvgIpc) is 3.18. The van der Waals surface area contributed by atoms with E-state index in [2.05, 4.69) is 22.5 Å². The summed E-state index contributed by atoms with van der Waals surface area (Å²) in [4.78, 5) is 33.0. The number of hydrogen-bond donors (Lipinski definition) is 1. The van der Waals surface area contributed by atoms with Crippen LogP contribution in [0.3, 0.4) is 0 Å². The Kier molecular flexibility index (Phi) is 6.28. The monoisotopic (exact) mass is 446 g/mol. The van der Waals surface area contributed by atoms with Crippen LogP contribution in [-0.4, -0.2) is 61.3 Å². The van der Waals surface area contributed by atoms with Gasteiger partial charge in [0.05, 0.1) is 11.8 Å². The number of halogens is 1. The van der Waals surface area contributed by atoms with Gasteiger partial charge < -0.3 is 10.2 Å². The summed E-state index contributed by atoms with van der Waals surface area (Å²) in [6.07, 6.45) is 5.96. The first-order valence-corrected chi connectivity index (χ1v) is 8.53. The molecule has 0 aromatic rings. The standard InChI is InChI=1S/C17H26N4O2.HI/c1-4-18-17(20(2)3)19-8-5-9-21-15(22)13-11-6-7-12(10-11)14(13)16(21)23;/h6-7,11-14H,4-5,8-10H2,1-3H3,(H,18,19);1H. The topological polar surface area (TPSA) is 65.0 Å². The third-order valence-electron chi connectivity index (χ3n) is 5.12. The number of nitrogens with one attached hydrogen (secondary N) is 1. The molecule has 4 atom stereocenters. The van der Waals surface area contributed by atoms with Gasteiger partial charge in [-0.25, -0.2) is 0 Å². The molecule has 4 unspecified atom stereocenters. The lowest BCUT2D eigenvalue weighted by Gasteiger charge is -2.18. The maximum atomic E-state index is 12.5. The smallest absolute Gasteiger partial charge is 0.233 e. The van der Waals surface area contributed by atoms with Crippen molar-refractivity contribution in [2.75, 3.05) is 33.7 Å². The molecule has 2 fully saturated rings. The summed E-state index contributed by atoms with van der Waals surface area (Å²) in [5, 5.41) is 3.20. The molecule has 2 amide bonds. The molecule has 0 spiro atoms. The highest BCUT2D eigenvalue weighted by Crippen LogP contribution is 2.52. The van der Waals surface area contributed by atoms with Crippen molar-refractivity contribution in [3.63, 3.8) is 0 Å². The van der Waals surface area contributed by atoms with Gasteiger partial charge in [0.1, 0.15) is 0 Å². The number of imide groups is 1. The average molecular weight is 446 g/mol. The van der Waals surface area contributed by atoms with Gasteiger partial charge in [-0.15, -0.1) is 24.0 Å². The minimum Gasteiger partial charge on any atom is -0.357 e. The maximum absolute atomic E-state index is 12.5. The SMILES string of the molecule is CCNC(=NCCCN1C(=O)C2C3C=CC(C3)C2C1=O)N(C)C.I. The zero-order valence-electron chi connectivity index (χ0n) is 14.6. The van der Waals surface area contributed by atoms with Crippen molar-refractivity contribution in [2.24, 2.45) is 28.7 Å². The fourth-order valence-electron chi connectivity index (χ4n) is 4.11. The van der Waals surface area contributed by atoms with Crippen LogP contribution in [0.2, 0.25) is 0 Å². The molecule has 1 N–H and O–H groups in total. The number of nitrogens with zero attached hydrogens (tertiary/aromatic N) is 3. The highest BCUT2D eigenvalue weighted by atomic mass is 127.